The van der Waals surface area contributed by atoms with E-state index in [0.717, 1.165) is 31.1 Å². The van der Waals surface area contributed by atoms with Gasteiger partial charge < -0.3 is 9.90 Å². The number of aliphatic hydroxyl groups excluding tert-OH is 1. The van der Waals surface area contributed by atoms with Crippen molar-refractivity contribution in [2.45, 2.75) is 46.0 Å². The average molecular weight is 250 g/mol. The molecule has 3 heteroatoms. The van der Waals surface area contributed by atoms with Gasteiger partial charge in [0.15, 0.2) is 5.78 Å². The Kier molecular flexibility index (Phi) is 3.45. The highest BCUT2D eigenvalue weighted by atomic mass is 16.3. The molecule has 0 aromatic carbocycles. The predicted octanol–water partition coefficient (Wildman–Crippen LogP) is 2.28. The van der Waals surface area contributed by atoms with E-state index in [9.17, 15) is 14.7 Å². The fourth-order valence-electron chi connectivity index (χ4n) is 3.76. The van der Waals surface area contributed by atoms with E-state index >= 15 is 0 Å². The Morgan fingerprint density at radius 1 is 1.50 bits per heavy atom. The minimum Gasteiger partial charge on any atom is -0.395 e. The molecule has 2 aliphatic rings. The van der Waals surface area contributed by atoms with Gasteiger partial charge in [-0.3, -0.25) is 4.79 Å². The molecule has 18 heavy (non-hydrogen) atoms. The van der Waals surface area contributed by atoms with E-state index in [2.05, 4.69) is 13.8 Å². The number of ketones is 1. The molecule has 0 aromatic heterocycles. The Bertz CT molecular complexity index is 395. The van der Waals surface area contributed by atoms with Crippen molar-refractivity contribution in [3.63, 3.8) is 0 Å². The number of hydrogen-bond acceptors (Lipinski definition) is 3. The molecule has 0 heterocycles. The lowest BCUT2D eigenvalue weighted by Crippen LogP contribution is -2.49. The molecule has 2 rings (SSSR count). The molecule has 3 nitrogen and oxygen atoms in total. The van der Waals surface area contributed by atoms with Gasteiger partial charge in [0.25, 0.3) is 0 Å². The summed E-state index contributed by atoms with van der Waals surface area (Å²) in [4.78, 5) is 22.7. The highest BCUT2D eigenvalue weighted by Gasteiger charge is 2.52. The molecule has 2 unspecified atom stereocenters. The second-order valence-corrected chi connectivity index (χ2v) is 6.35. The lowest BCUT2D eigenvalue weighted by Gasteiger charge is -2.54. The third kappa shape index (κ3) is 1.85. The van der Waals surface area contributed by atoms with Crippen LogP contribution in [0.3, 0.4) is 0 Å². The molecule has 2 aliphatic carbocycles. The van der Waals surface area contributed by atoms with Crippen molar-refractivity contribution in [1.82, 2.24) is 0 Å². The van der Waals surface area contributed by atoms with Crippen molar-refractivity contribution in [2.75, 3.05) is 6.61 Å². The summed E-state index contributed by atoms with van der Waals surface area (Å²) >= 11 is 0. The topological polar surface area (TPSA) is 54.4 Å². The van der Waals surface area contributed by atoms with Gasteiger partial charge in [-0.2, -0.15) is 0 Å². The normalized spacial score (nSPS) is 34.7. The molecule has 0 aliphatic heterocycles. The molecule has 0 bridgehead atoms. The highest BCUT2D eigenvalue weighted by Crippen LogP contribution is 2.58. The quantitative estimate of drug-likeness (QED) is 0.782. The largest absolute Gasteiger partial charge is 0.395 e. The van der Waals surface area contributed by atoms with Crippen molar-refractivity contribution in [3.8, 4) is 0 Å². The van der Waals surface area contributed by atoms with Gasteiger partial charge in [-0.25, -0.2) is 0 Å². The van der Waals surface area contributed by atoms with Crippen LogP contribution >= 0.6 is 0 Å². The van der Waals surface area contributed by atoms with Crippen LogP contribution in [0.1, 0.15) is 46.0 Å². The summed E-state index contributed by atoms with van der Waals surface area (Å²) in [6.45, 7) is 4.42. The highest BCUT2D eigenvalue weighted by molar-refractivity contribution is 5.95. The molecule has 1 saturated carbocycles. The van der Waals surface area contributed by atoms with Crippen molar-refractivity contribution in [2.24, 2.45) is 16.7 Å². The molecular formula is C15H22O3. The molecule has 0 aromatic rings. The summed E-state index contributed by atoms with van der Waals surface area (Å²) < 4.78 is 0. The molecule has 1 fully saturated rings. The molecule has 100 valence electrons. The maximum absolute atomic E-state index is 12.0. The van der Waals surface area contributed by atoms with Gasteiger partial charge in [0, 0.05) is 17.8 Å². The number of allylic oxidation sites excluding steroid dienone is 1. The van der Waals surface area contributed by atoms with Crippen molar-refractivity contribution in [1.29, 1.82) is 0 Å². The van der Waals surface area contributed by atoms with E-state index in [0.29, 0.717) is 6.42 Å². The summed E-state index contributed by atoms with van der Waals surface area (Å²) in [5.41, 5.74) is 0.800. The smallest absolute Gasteiger partial charge is 0.159 e. The maximum atomic E-state index is 12.0. The Balaban J connectivity index is 2.43. The van der Waals surface area contributed by atoms with Gasteiger partial charge in [-0.05, 0) is 37.2 Å². The lowest BCUT2D eigenvalue weighted by molar-refractivity contribution is -0.125. The summed E-state index contributed by atoms with van der Waals surface area (Å²) in [5.74, 6) is -0.172. The number of carbonyl (C=O) groups is 2. The molecule has 0 radical (unpaired) electrons. The van der Waals surface area contributed by atoms with E-state index in [1.54, 1.807) is 6.08 Å². The number of aliphatic hydroxyl groups is 1. The van der Waals surface area contributed by atoms with Crippen LogP contribution in [0.2, 0.25) is 0 Å². The number of aldehydes is 1. The molecular weight excluding hydrogens is 228 g/mol. The molecule has 1 N–H and O–H groups in total. The van der Waals surface area contributed by atoms with Gasteiger partial charge in [0.1, 0.15) is 6.29 Å². The van der Waals surface area contributed by atoms with Crippen LogP contribution < -0.4 is 0 Å². The summed E-state index contributed by atoms with van der Waals surface area (Å²) in [6, 6.07) is 0. The summed E-state index contributed by atoms with van der Waals surface area (Å²) in [7, 11) is 0. The van der Waals surface area contributed by atoms with E-state index in [1.807, 2.05) is 0 Å². The van der Waals surface area contributed by atoms with Gasteiger partial charge in [-0.1, -0.05) is 19.4 Å². The monoisotopic (exact) mass is 250 g/mol. The van der Waals surface area contributed by atoms with E-state index in [-0.39, 0.29) is 35.6 Å². The van der Waals surface area contributed by atoms with Crippen molar-refractivity contribution >= 4 is 12.1 Å². The fraction of sp³-hybridized carbons (Fsp3) is 0.733. The number of hydrogen-bond donors (Lipinski definition) is 1. The standard InChI is InChI=1S/C15H22O3/c1-14(2)6-3-4-12-8-13(18)11(5-7-16)9-15(12,14)10-17/h7-8,11,17H,3-6,9-10H2,1-2H3. The first kappa shape index (κ1) is 13.5. The third-order valence-electron chi connectivity index (χ3n) is 5.12. The second-order valence-electron chi connectivity index (χ2n) is 6.35. The molecule has 0 spiro atoms. The Morgan fingerprint density at radius 2 is 2.22 bits per heavy atom. The van der Waals surface area contributed by atoms with E-state index in [1.165, 1.54) is 0 Å². The maximum Gasteiger partial charge on any atom is 0.159 e. The van der Waals surface area contributed by atoms with Crippen molar-refractivity contribution in [3.05, 3.63) is 11.6 Å². The average Bonchev–Trinajstić information content (AvgIpc) is 2.31. The third-order valence-corrected chi connectivity index (χ3v) is 5.12. The summed E-state index contributed by atoms with van der Waals surface area (Å²) in [5, 5.41) is 9.94. The summed E-state index contributed by atoms with van der Waals surface area (Å²) in [6.07, 6.45) is 6.49. The van der Waals surface area contributed by atoms with Gasteiger partial charge in [0.05, 0.1) is 6.61 Å². The van der Waals surface area contributed by atoms with Gasteiger partial charge in [-0.15, -0.1) is 0 Å². The second kappa shape index (κ2) is 4.61. The first-order valence-corrected chi connectivity index (χ1v) is 6.76. The first-order chi connectivity index (χ1) is 8.47. The van der Waals surface area contributed by atoms with Crippen LogP contribution in [-0.4, -0.2) is 23.8 Å². The van der Waals surface area contributed by atoms with E-state index < -0.39 is 0 Å². The van der Waals surface area contributed by atoms with Gasteiger partial charge in [0.2, 0.25) is 0 Å². The van der Waals surface area contributed by atoms with Crippen LogP contribution in [0.4, 0.5) is 0 Å². The van der Waals surface area contributed by atoms with E-state index in [4.69, 9.17) is 0 Å². The van der Waals surface area contributed by atoms with Crippen molar-refractivity contribution < 1.29 is 14.7 Å². The van der Waals surface area contributed by atoms with Gasteiger partial charge >= 0.3 is 0 Å². The number of rotatable bonds is 3. The fourth-order valence-corrected chi connectivity index (χ4v) is 3.76. The van der Waals surface area contributed by atoms with Crippen LogP contribution in [0.15, 0.2) is 11.6 Å². The minimum atomic E-state index is -0.299. The zero-order chi connectivity index (χ0) is 13.4. The Labute approximate surface area is 108 Å². The predicted molar refractivity (Wildman–Crippen MR) is 69.0 cm³/mol. The zero-order valence-electron chi connectivity index (χ0n) is 11.2. The number of fused-ring (bicyclic) bond motifs is 1. The van der Waals surface area contributed by atoms with Crippen LogP contribution in [0, 0.1) is 16.7 Å². The Hall–Kier alpha value is -0.960. The first-order valence-electron chi connectivity index (χ1n) is 6.76. The molecule has 0 saturated heterocycles. The SMILES string of the molecule is CC1(C)CCCC2=CC(=O)C(CC=O)CC21CO. The minimum absolute atomic E-state index is 0.00628. The van der Waals surface area contributed by atoms with Crippen LogP contribution in [0.5, 0.6) is 0 Å². The molecule has 0 amide bonds. The Morgan fingerprint density at radius 3 is 2.83 bits per heavy atom. The van der Waals surface area contributed by atoms with Crippen LogP contribution in [-0.2, 0) is 9.59 Å². The number of carbonyl (C=O) groups excluding carboxylic acids is 2. The lowest BCUT2D eigenvalue weighted by atomic mass is 9.51. The van der Waals surface area contributed by atoms with Crippen LogP contribution in [0.25, 0.3) is 0 Å². The molecule has 2 atom stereocenters. The zero-order valence-corrected chi connectivity index (χ0v) is 11.2.